The van der Waals surface area contributed by atoms with Crippen molar-refractivity contribution in [3.63, 3.8) is 0 Å². The van der Waals surface area contributed by atoms with Crippen molar-refractivity contribution in [3.05, 3.63) is 0 Å². The van der Waals surface area contributed by atoms with E-state index in [9.17, 15) is 18.9 Å². The van der Waals surface area contributed by atoms with Crippen LogP contribution in [-0.4, -0.2) is 45.4 Å². The molecule has 2 amide bonds. The summed E-state index contributed by atoms with van der Waals surface area (Å²) in [7, 11) is -0.873. The Morgan fingerprint density at radius 2 is 2.15 bits per heavy atom. The van der Waals surface area contributed by atoms with E-state index in [0.29, 0.717) is 25.0 Å². The maximum atomic E-state index is 11.9. The van der Waals surface area contributed by atoms with Crippen LogP contribution in [0.1, 0.15) is 39.5 Å². The summed E-state index contributed by atoms with van der Waals surface area (Å²) in [5.41, 5.74) is -0.883. The van der Waals surface area contributed by atoms with E-state index < -0.39 is 22.2 Å². The Balaban J connectivity index is 2.46. The maximum absolute atomic E-state index is 11.9. The normalized spacial score (nSPS) is 28.6. The monoisotopic (exact) mass is 304 g/mol. The average Bonchev–Trinajstić information content (AvgIpc) is 2.69. The smallest absolute Gasteiger partial charge is 0.315 e. The second-order valence-corrected chi connectivity index (χ2v) is 7.31. The number of amides is 2. The number of carboxylic acids is 1. The van der Waals surface area contributed by atoms with Gasteiger partial charge in [0.15, 0.2) is 0 Å². The van der Waals surface area contributed by atoms with Gasteiger partial charge in [-0.2, -0.15) is 0 Å². The van der Waals surface area contributed by atoms with Crippen LogP contribution in [0, 0.1) is 5.41 Å². The molecule has 0 bridgehead atoms. The van der Waals surface area contributed by atoms with Gasteiger partial charge in [0.2, 0.25) is 0 Å². The lowest BCUT2D eigenvalue weighted by atomic mass is 9.85. The standard InChI is InChI=1S/C13H24N2O4S/c1-9(6-8-20(3)19)14-12(18)15-10-5-4-7-13(10,2)11(16)17/h9-10H,4-8H2,1-3H3,(H,16,17)(H2,14,15,18). The highest BCUT2D eigenvalue weighted by Gasteiger charge is 2.45. The number of hydrogen-bond acceptors (Lipinski definition) is 3. The van der Waals surface area contributed by atoms with Crippen molar-refractivity contribution < 1.29 is 18.9 Å². The fraction of sp³-hybridized carbons (Fsp3) is 0.846. The van der Waals surface area contributed by atoms with E-state index in [1.807, 2.05) is 6.92 Å². The molecule has 7 heteroatoms. The van der Waals surface area contributed by atoms with Crippen LogP contribution in [0.25, 0.3) is 0 Å². The number of carboxylic acid groups (broad SMARTS) is 1. The molecule has 4 atom stereocenters. The molecule has 1 rings (SSSR count). The van der Waals surface area contributed by atoms with Gasteiger partial charge in [-0.1, -0.05) is 6.42 Å². The molecule has 1 fully saturated rings. The quantitative estimate of drug-likeness (QED) is 0.684. The van der Waals surface area contributed by atoms with Crippen molar-refractivity contribution in [2.75, 3.05) is 12.0 Å². The Morgan fingerprint density at radius 1 is 1.50 bits per heavy atom. The average molecular weight is 304 g/mol. The SMILES string of the molecule is CC(CCS(C)=O)NC(=O)NC1CCCC1(C)C(=O)O. The lowest BCUT2D eigenvalue weighted by Crippen LogP contribution is -2.51. The van der Waals surface area contributed by atoms with Crippen molar-refractivity contribution in [1.29, 1.82) is 0 Å². The Bertz CT molecular complexity index is 402. The van der Waals surface area contributed by atoms with Gasteiger partial charge in [0, 0.05) is 34.9 Å². The topological polar surface area (TPSA) is 95.5 Å². The Kier molecular flexibility index (Phi) is 5.98. The van der Waals surface area contributed by atoms with Gasteiger partial charge in [-0.15, -0.1) is 0 Å². The zero-order chi connectivity index (χ0) is 15.3. The molecule has 0 radical (unpaired) electrons. The molecule has 0 saturated heterocycles. The van der Waals surface area contributed by atoms with Crippen LogP contribution < -0.4 is 10.6 Å². The first kappa shape index (κ1) is 16.9. The van der Waals surface area contributed by atoms with Crippen LogP contribution in [0.15, 0.2) is 0 Å². The lowest BCUT2D eigenvalue weighted by molar-refractivity contribution is -0.148. The number of carbonyl (C=O) groups is 2. The van der Waals surface area contributed by atoms with Crippen LogP contribution in [0.3, 0.4) is 0 Å². The van der Waals surface area contributed by atoms with E-state index in [0.717, 1.165) is 6.42 Å². The highest BCUT2D eigenvalue weighted by atomic mass is 32.2. The first-order valence-electron chi connectivity index (χ1n) is 6.86. The second kappa shape index (κ2) is 7.06. The van der Waals surface area contributed by atoms with Crippen molar-refractivity contribution in [2.24, 2.45) is 5.41 Å². The molecule has 0 spiro atoms. The summed E-state index contributed by atoms with van der Waals surface area (Å²) < 4.78 is 11.0. The number of carbonyl (C=O) groups excluding carboxylic acids is 1. The van der Waals surface area contributed by atoms with Gasteiger partial charge in [-0.25, -0.2) is 4.79 Å². The molecule has 0 heterocycles. The third kappa shape index (κ3) is 4.47. The van der Waals surface area contributed by atoms with Crippen molar-refractivity contribution >= 4 is 22.8 Å². The van der Waals surface area contributed by atoms with Gasteiger partial charge < -0.3 is 15.7 Å². The van der Waals surface area contributed by atoms with E-state index >= 15 is 0 Å². The Labute approximate surface area is 122 Å². The number of hydrogen-bond donors (Lipinski definition) is 3. The second-order valence-electron chi connectivity index (χ2n) is 5.75. The third-order valence-corrected chi connectivity index (χ3v) is 4.78. The van der Waals surface area contributed by atoms with Gasteiger partial charge in [0.25, 0.3) is 0 Å². The van der Waals surface area contributed by atoms with Gasteiger partial charge >= 0.3 is 12.0 Å². The molecule has 0 aromatic rings. The van der Waals surface area contributed by atoms with Gasteiger partial charge in [0.05, 0.1) is 5.41 Å². The third-order valence-electron chi connectivity index (χ3n) is 3.97. The number of rotatable bonds is 6. The molecule has 1 aliphatic carbocycles. The molecule has 0 aromatic heterocycles. The van der Waals surface area contributed by atoms with E-state index in [2.05, 4.69) is 10.6 Å². The Morgan fingerprint density at radius 3 is 2.70 bits per heavy atom. The fourth-order valence-electron chi connectivity index (χ4n) is 2.49. The van der Waals surface area contributed by atoms with Gasteiger partial charge in [0.1, 0.15) is 0 Å². The number of urea groups is 1. The largest absolute Gasteiger partial charge is 0.481 e. The zero-order valence-electron chi connectivity index (χ0n) is 12.3. The molecule has 116 valence electrons. The van der Waals surface area contributed by atoms with Gasteiger partial charge in [-0.3, -0.25) is 9.00 Å². The zero-order valence-corrected chi connectivity index (χ0v) is 13.1. The van der Waals surface area contributed by atoms with E-state index in [1.54, 1.807) is 13.2 Å². The first-order valence-corrected chi connectivity index (χ1v) is 8.59. The minimum Gasteiger partial charge on any atom is -0.481 e. The molecule has 0 aliphatic heterocycles. The maximum Gasteiger partial charge on any atom is 0.315 e. The molecule has 6 nitrogen and oxygen atoms in total. The summed E-state index contributed by atoms with van der Waals surface area (Å²) in [4.78, 5) is 23.2. The highest BCUT2D eigenvalue weighted by Crippen LogP contribution is 2.38. The molecule has 3 N–H and O–H groups in total. The predicted octanol–water partition coefficient (Wildman–Crippen LogP) is 1.09. The van der Waals surface area contributed by atoms with E-state index in [-0.39, 0.29) is 18.1 Å². The summed E-state index contributed by atoms with van der Waals surface area (Å²) in [5.74, 6) is -0.327. The van der Waals surface area contributed by atoms with Crippen LogP contribution in [-0.2, 0) is 15.6 Å². The molecular weight excluding hydrogens is 280 g/mol. The lowest BCUT2D eigenvalue weighted by Gasteiger charge is -2.28. The summed E-state index contributed by atoms with van der Waals surface area (Å²) in [6, 6.07) is -0.775. The summed E-state index contributed by atoms with van der Waals surface area (Å²) in [6.07, 6.45) is 4.33. The molecule has 0 aromatic carbocycles. The Hall–Kier alpha value is -1.11. The van der Waals surface area contributed by atoms with Crippen molar-refractivity contribution in [1.82, 2.24) is 10.6 Å². The van der Waals surface area contributed by atoms with Crippen molar-refractivity contribution in [3.8, 4) is 0 Å². The van der Waals surface area contributed by atoms with Gasteiger partial charge in [-0.05, 0) is 33.1 Å². The molecule has 4 unspecified atom stereocenters. The predicted molar refractivity (Wildman–Crippen MR) is 78.1 cm³/mol. The summed E-state index contributed by atoms with van der Waals surface area (Å²) >= 11 is 0. The minimum absolute atomic E-state index is 0.0867. The fourth-order valence-corrected chi connectivity index (χ4v) is 3.18. The van der Waals surface area contributed by atoms with E-state index in [4.69, 9.17) is 0 Å². The molecule has 1 aliphatic rings. The molecular formula is C13H24N2O4S. The minimum atomic E-state index is -0.883. The van der Waals surface area contributed by atoms with Crippen LogP contribution >= 0.6 is 0 Å². The first-order chi connectivity index (χ1) is 9.25. The number of nitrogens with one attached hydrogen (secondary N) is 2. The van der Waals surface area contributed by atoms with Crippen LogP contribution in [0.5, 0.6) is 0 Å². The molecule has 1 saturated carbocycles. The van der Waals surface area contributed by atoms with Crippen LogP contribution in [0.4, 0.5) is 4.79 Å². The number of aliphatic carboxylic acids is 1. The molecule has 20 heavy (non-hydrogen) atoms. The summed E-state index contributed by atoms with van der Waals surface area (Å²) in [5, 5.41) is 14.8. The highest BCUT2D eigenvalue weighted by molar-refractivity contribution is 7.84. The van der Waals surface area contributed by atoms with Crippen molar-refractivity contribution in [2.45, 2.75) is 51.6 Å². The van der Waals surface area contributed by atoms with E-state index in [1.165, 1.54) is 0 Å². The van der Waals surface area contributed by atoms with Crippen LogP contribution in [0.2, 0.25) is 0 Å². The summed E-state index contributed by atoms with van der Waals surface area (Å²) in [6.45, 7) is 3.52.